The van der Waals surface area contributed by atoms with Crippen LogP contribution in [0, 0.1) is 4.91 Å². The molecule has 0 saturated carbocycles. The van der Waals surface area contributed by atoms with Crippen LogP contribution in [0.1, 0.15) is 0 Å². The van der Waals surface area contributed by atoms with Gasteiger partial charge in [0.1, 0.15) is 6.54 Å². The number of para-hydroxylation sites is 2. The molecule has 0 radical (unpaired) electrons. The van der Waals surface area contributed by atoms with Crippen LogP contribution in [0.25, 0.3) is 0 Å². The van der Waals surface area contributed by atoms with Gasteiger partial charge in [0, 0.05) is 22.2 Å². The van der Waals surface area contributed by atoms with Gasteiger partial charge in [-0.05, 0) is 47.2 Å². The second-order valence-corrected chi connectivity index (χ2v) is 6.89. The number of allylic oxidation sites excluding steroid dienone is 3. The highest BCUT2D eigenvalue weighted by molar-refractivity contribution is 7.99. The number of anilines is 2. The molecule has 0 saturated heterocycles. The van der Waals surface area contributed by atoms with Crippen LogP contribution in [0.15, 0.2) is 99.8 Å². The molecule has 0 aromatic heterocycles. The van der Waals surface area contributed by atoms with Gasteiger partial charge in [-0.25, -0.2) is 0 Å². The fourth-order valence-electron chi connectivity index (χ4n) is 2.92. The quantitative estimate of drug-likeness (QED) is 0.736. The standard InChI is InChI=1S/C20H15N3O2S/c24-20(14-22-11-9-15(10-12-22)13-21-25)23-16-5-1-3-7-18(16)26-19-8-4-2-6-17(19)23/h1-13H,14H2. The number of fused-ring (bicyclic) bond motifs is 2. The number of nitroso groups, excluding NO2 is 1. The fraction of sp³-hybridized carbons (Fsp3) is 0.0500. The molecule has 0 atom stereocenters. The zero-order valence-corrected chi connectivity index (χ0v) is 14.6. The number of nitrogens with zero attached hydrogens (tertiary/aromatic N) is 3. The first-order valence-corrected chi connectivity index (χ1v) is 8.91. The molecule has 0 unspecified atom stereocenters. The molecule has 4 rings (SSSR count). The van der Waals surface area contributed by atoms with E-state index in [-0.39, 0.29) is 12.5 Å². The van der Waals surface area contributed by atoms with Crippen molar-refractivity contribution in [2.75, 3.05) is 11.4 Å². The van der Waals surface area contributed by atoms with E-state index >= 15 is 0 Å². The summed E-state index contributed by atoms with van der Waals surface area (Å²) in [5.74, 6) is -0.0274. The first-order chi connectivity index (χ1) is 12.8. The minimum atomic E-state index is -0.0274. The van der Waals surface area contributed by atoms with E-state index in [2.05, 4.69) is 5.18 Å². The SMILES string of the molecule is O=NC=C1C=CN(CC(=O)N2c3ccccc3Sc3ccccc32)C=C1. The van der Waals surface area contributed by atoms with Crippen LogP contribution < -0.4 is 4.90 Å². The molecule has 0 aliphatic carbocycles. The largest absolute Gasteiger partial charge is 0.345 e. The van der Waals surface area contributed by atoms with Crippen LogP contribution in [0.2, 0.25) is 0 Å². The van der Waals surface area contributed by atoms with Crippen molar-refractivity contribution in [3.8, 4) is 0 Å². The van der Waals surface area contributed by atoms with Crippen LogP contribution in [0.3, 0.4) is 0 Å². The van der Waals surface area contributed by atoms with Gasteiger partial charge in [0.15, 0.2) is 0 Å². The molecule has 0 spiro atoms. The first-order valence-electron chi connectivity index (χ1n) is 8.10. The maximum absolute atomic E-state index is 13.1. The van der Waals surface area contributed by atoms with Crippen LogP contribution in [-0.4, -0.2) is 17.4 Å². The van der Waals surface area contributed by atoms with Crippen molar-refractivity contribution in [2.24, 2.45) is 5.18 Å². The summed E-state index contributed by atoms with van der Waals surface area (Å²) in [5, 5.41) is 2.76. The highest BCUT2D eigenvalue weighted by Gasteiger charge is 2.28. The first kappa shape index (κ1) is 16.4. The Morgan fingerprint density at radius 1 is 0.962 bits per heavy atom. The van der Waals surface area contributed by atoms with E-state index in [1.165, 1.54) is 6.20 Å². The topological polar surface area (TPSA) is 53.0 Å². The third-order valence-electron chi connectivity index (χ3n) is 4.12. The summed E-state index contributed by atoms with van der Waals surface area (Å²) in [6.45, 7) is 0.197. The van der Waals surface area contributed by atoms with Crippen LogP contribution in [0.4, 0.5) is 11.4 Å². The summed E-state index contributed by atoms with van der Waals surface area (Å²) >= 11 is 1.67. The fourth-order valence-corrected chi connectivity index (χ4v) is 3.98. The van der Waals surface area contributed by atoms with Crippen molar-refractivity contribution in [3.63, 3.8) is 0 Å². The predicted molar refractivity (Wildman–Crippen MR) is 103 cm³/mol. The number of carbonyl (C=O) groups is 1. The number of hydrogen-bond acceptors (Lipinski definition) is 5. The van der Waals surface area contributed by atoms with Gasteiger partial charge in [-0.15, -0.1) is 4.91 Å². The average Bonchev–Trinajstić information content (AvgIpc) is 2.67. The minimum absolute atomic E-state index is 0.0274. The molecule has 0 fully saturated rings. The Labute approximate surface area is 155 Å². The summed E-state index contributed by atoms with van der Waals surface area (Å²) < 4.78 is 0. The van der Waals surface area contributed by atoms with Crippen molar-refractivity contribution >= 4 is 29.0 Å². The zero-order chi connectivity index (χ0) is 17.9. The summed E-state index contributed by atoms with van der Waals surface area (Å²) in [6, 6.07) is 15.8. The Bertz CT molecular complexity index is 904. The lowest BCUT2D eigenvalue weighted by atomic mass is 10.2. The Morgan fingerprint density at radius 3 is 2.12 bits per heavy atom. The van der Waals surface area contributed by atoms with Gasteiger partial charge in [0.2, 0.25) is 0 Å². The van der Waals surface area contributed by atoms with Crippen LogP contribution in [-0.2, 0) is 4.79 Å². The smallest absolute Gasteiger partial charge is 0.251 e. The number of amides is 1. The minimum Gasteiger partial charge on any atom is -0.345 e. The van der Waals surface area contributed by atoms with E-state index in [9.17, 15) is 9.70 Å². The van der Waals surface area contributed by atoms with Crippen molar-refractivity contribution in [3.05, 3.63) is 89.8 Å². The average molecular weight is 361 g/mol. The maximum Gasteiger partial charge on any atom is 0.251 e. The summed E-state index contributed by atoms with van der Waals surface area (Å²) in [5.41, 5.74) is 2.50. The second-order valence-electron chi connectivity index (χ2n) is 5.80. The lowest BCUT2D eigenvalue weighted by Crippen LogP contribution is -2.35. The second kappa shape index (κ2) is 7.01. The summed E-state index contributed by atoms with van der Waals surface area (Å²) in [6.07, 6.45) is 8.28. The third kappa shape index (κ3) is 3.07. The predicted octanol–water partition coefficient (Wildman–Crippen LogP) is 4.81. The molecule has 5 nitrogen and oxygen atoms in total. The van der Waals surface area contributed by atoms with Crippen molar-refractivity contribution < 1.29 is 4.79 Å². The Kier molecular flexibility index (Phi) is 4.41. The van der Waals surface area contributed by atoms with Gasteiger partial charge in [-0.1, -0.05) is 36.0 Å². The van der Waals surface area contributed by atoms with E-state index < -0.39 is 0 Å². The van der Waals surface area contributed by atoms with Gasteiger partial charge in [-0.3, -0.25) is 9.69 Å². The molecule has 2 aliphatic heterocycles. The van der Waals surface area contributed by atoms with Crippen LogP contribution >= 0.6 is 11.8 Å². The third-order valence-corrected chi connectivity index (χ3v) is 5.25. The Hall–Kier alpha value is -3.12. The zero-order valence-electron chi connectivity index (χ0n) is 13.8. The highest BCUT2D eigenvalue weighted by Crippen LogP contribution is 2.47. The van der Waals surface area contributed by atoms with E-state index in [1.54, 1.807) is 46.1 Å². The highest BCUT2D eigenvalue weighted by atomic mass is 32.2. The van der Waals surface area contributed by atoms with Gasteiger partial charge < -0.3 is 4.90 Å². The molecule has 26 heavy (non-hydrogen) atoms. The number of rotatable bonds is 3. The van der Waals surface area contributed by atoms with Gasteiger partial charge in [-0.2, -0.15) is 0 Å². The number of benzene rings is 2. The van der Waals surface area contributed by atoms with E-state index in [0.29, 0.717) is 5.57 Å². The van der Waals surface area contributed by atoms with Gasteiger partial charge >= 0.3 is 0 Å². The van der Waals surface area contributed by atoms with Gasteiger partial charge in [0.05, 0.1) is 17.6 Å². The van der Waals surface area contributed by atoms with Crippen LogP contribution in [0.5, 0.6) is 0 Å². The molecular weight excluding hydrogens is 346 g/mol. The van der Waals surface area contributed by atoms with E-state index in [1.807, 2.05) is 48.5 Å². The number of carbonyl (C=O) groups excluding carboxylic acids is 1. The maximum atomic E-state index is 13.1. The molecule has 2 aliphatic rings. The monoisotopic (exact) mass is 361 g/mol. The lowest BCUT2D eigenvalue weighted by molar-refractivity contribution is -0.118. The molecule has 6 heteroatoms. The van der Waals surface area contributed by atoms with Crippen molar-refractivity contribution in [1.82, 2.24) is 4.90 Å². The molecule has 128 valence electrons. The molecule has 0 bridgehead atoms. The Balaban J connectivity index is 1.63. The molecule has 2 aromatic carbocycles. The van der Waals surface area contributed by atoms with Crippen molar-refractivity contribution in [2.45, 2.75) is 9.79 Å². The molecule has 0 N–H and O–H groups in total. The molecule has 1 amide bonds. The number of hydrogen-bond donors (Lipinski definition) is 0. The normalized spacial score (nSPS) is 14.7. The Morgan fingerprint density at radius 2 is 1.54 bits per heavy atom. The molecular formula is C20H15N3O2S. The van der Waals surface area contributed by atoms with Gasteiger partial charge in [0.25, 0.3) is 5.91 Å². The van der Waals surface area contributed by atoms with E-state index in [0.717, 1.165) is 21.2 Å². The lowest BCUT2D eigenvalue weighted by Gasteiger charge is -2.32. The molecule has 2 heterocycles. The molecule has 2 aromatic rings. The summed E-state index contributed by atoms with van der Waals surface area (Å²) in [4.78, 5) is 29.1. The van der Waals surface area contributed by atoms with E-state index in [4.69, 9.17) is 0 Å². The van der Waals surface area contributed by atoms with Crippen molar-refractivity contribution in [1.29, 1.82) is 0 Å². The summed E-state index contributed by atoms with van der Waals surface area (Å²) in [7, 11) is 0.